The summed E-state index contributed by atoms with van der Waals surface area (Å²) in [5.41, 5.74) is 1.16. The average Bonchev–Trinajstić information content (AvgIpc) is 2.25. The molecule has 0 saturated carbocycles. The smallest absolute Gasteiger partial charge is 0.257 e. The van der Waals surface area contributed by atoms with Crippen LogP contribution in [0.3, 0.4) is 0 Å². The minimum atomic E-state index is 0. The molecule has 0 radical (unpaired) electrons. The second-order valence-electron chi connectivity index (χ2n) is 3.48. The summed E-state index contributed by atoms with van der Waals surface area (Å²) in [7, 11) is 0. The highest BCUT2D eigenvalue weighted by Crippen LogP contribution is 2.37. The summed E-state index contributed by atoms with van der Waals surface area (Å²) in [5.74, 6) is 0.944. The lowest BCUT2D eigenvalue weighted by Gasteiger charge is -2.15. The molecule has 0 saturated heterocycles. The molecule has 5 heteroatoms. The quantitative estimate of drug-likeness (QED) is 0.560. The Morgan fingerprint density at radius 3 is 2.88 bits per heavy atom. The van der Waals surface area contributed by atoms with E-state index in [4.69, 9.17) is 4.74 Å². The minimum absolute atomic E-state index is 0. The van der Waals surface area contributed by atoms with E-state index < -0.39 is 0 Å². The predicted molar refractivity (Wildman–Crippen MR) is 65.0 cm³/mol. The Bertz CT molecular complexity index is 556. The molecule has 0 unspecified atom stereocenters. The van der Waals surface area contributed by atoms with Gasteiger partial charge in [-0.2, -0.15) is 4.57 Å². The Morgan fingerprint density at radius 2 is 2.06 bits per heavy atom. The molecular formula is C11H8Br3NO. The number of aromatic nitrogens is 1. The van der Waals surface area contributed by atoms with Crippen LogP contribution in [0.4, 0.5) is 0 Å². The molecule has 2 nitrogen and oxygen atoms in total. The summed E-state index contributed by atoms with van der Waals surface area (Å²) in [6.07, 6.45) is 2.09. The van der Waals surface area contributed by atoms with Crippen molar-refractivity contribution in [1.29, 1.82) is 0 Å². The van der Waals surface area contributed by atoms with Gasteiger partial charge in [-0.3, -0.25) is 0 Å². The van der Waals surface area contributed by atoms with E-state index in [-0.39, 0.29) is 17.0 Å². The number of benzene rings is 1. The van der Waals surface area contributed by atoms with E-state index in [0.717, 1.165) is 33.4 Å². The zero-order chi connectivity index (χ0) is 10.4. The van der Waals surface area contributed by atoms with Crippen LogP contribution in [-0.2, 0) is 6.54 Å². The number of halogens is 3. The van der Waals surface area contributed by atoms with Crippen molar-refractivity contribution in [2.45, 2.75) is 6.54 Å². The fraction of sp³-hybridized carbons (Fsp3) is 0.182. The third kappa shape index (κ3) is 1.79. The van der Waals surface area contributed by atoms with Crippen LogP contribution in [0.2, 0.25) is 0 Å². The molecule has 84 valence electrons. The van der Waals surface area contributed by atoms with Gasteiger partial charge < -0.3 is 21.7 Å². The monoisotopic (exact) mass is 407 g/mol. The molecule has 1 aromatic carbocycles. The summed E-state index contributed by atoms with van der Waals surface area (Å²) >= 11 is 7.10. The molecule has 0 fully saturated rings. The number of hydrogen-bond acceptors (Lipinski definition) is 1. The predicted octanol–water partition coefficient (Wildman–Crippen LogP) is 0.0487. The minimum Gasteiger partial charge on any atom is -1.00 e. The molecule has 3 rings (SSSR count). The van der Waals surface area contributed by atoms with Gasteiger partial charge in [0, 0.05) is 10.5 Å². The fourth-order valence-corrected chi connectivity index (χ4v) is 3.32. The van der Waals surface area contributed by atoms with Crippen molar-refractivity contribution in [3.8, 4) is 5.75 Å². The maximum Gasteiger partial charge on any atom is 0.257 e. The molecule has 2 heterocycles. The van der Waals surface area contributed by atoms with Crippen LogP contribution in [0.25, 0.3) is 10.9 Å². The van der Waals surface area contributed by atoms with Gasteiger partial charge in [-0.25, -0.2) is 0 Å². The highest BCUT2D eigenvalue weighted by molar-refractivity contribution is 9.11. The molecule has 1 aliphatic rings. The summed E-state index contributed by atoms with van der Waals surface area (Å²) in [6, 6.07) is 6.20. The second-order valence-corrected chi connectivity index (χ2v) is 5.19. The van der Waals surface area contributed by atoms with Crippen molar-refractivity contribution < 1.29 is 26.3 Å². The molecule has 2 aromatic rings. The molecule has 0 aliphatic carbocycles. The number of hydrogen-bond donors (Lipinski definition) is 0. The van der Waals surface area contributed by atoms with Gasteiger partial charge in [-0.1, -0.05) is 0 Å². The number of ether oxygens (including phenoxy) is 1. The molecule has 16 heavy (non-hydrogen) atoms. The van der Waals surface area contributed by atoms with Gasteiger partial charge in [0.15, 0.2) is 12.7 Å². The van der Waals surface area contributed by atoms with Gasteiger partial charge in [-0.05, 0) is 44.0 Å². The van der Waals surface area contributed by atoms with Crippen LogP contribution in [0.15, 0.2) is 33.3 Å². The van der Waals surface area contributed by atoms with Crippen LogP contribution in [0.5, 0.6) is 5.75 Å². The molecule has 1 aromatic heterocycles. The Morgan fingerprint density at radius 1 is 1.25 bits per heavy atom. The van der Waals surface area contributed by atoms with Gasteiger partial charge in [0.2, 0.25) is 5.75 Å². The first-order valence-corrected chi connectivity index (χ1v) is 6.29. The van der Waals surface area contributed by atoms with Crippen LogP contribution >= 0.6 is 31.9 Å². The van der Waals surface area contributed by atoms with Gasteiger partial charge in [0.05, 0.1) is 9.86 Å². The van der Waals surface area contributed by atoms with E-state index >= 15 is 0 Å². The van der Waals surface area contributed by atoms with E-state index in [2.05, 4.69) is 54.8 Å². The zero-order valence-corrected chi connectivity index (χ0v) is 13.0. The lowest BCUT2D eigenvalue weighted by molar-refractivity contribution is -0.676. The van der Waals surface area contributed by atoms with Crippen molar-refractivity contribution in [2.75, 3.05) is 6.61 Å². The molecule has 0 N–H and O–H groups in total. The Balaban J connectivity index is 0.000000963. The van der Waals surface area contributed by atoms with Gasteiger partial charge in [-0.15, -0.1) is 0 Å². The second kappa shape index (κ2) is 4.63. The normalized spacial score (nSPS) is 13.1. The first-order valence-electron chi connectivity index (χ1n) is 4.70. The van der Waals surface area contributed by atoms with Crippen LogP contribution in [-0.4, -0.2) is 6.61 Å². The van der Waals surface area contributed by atoms with Crippen molar-refractivity contribution in [3.63, 3.8) is 0 Å². The Kier molecular flexibility index (Phi) is 3.56. The SMILES string of the molecule is Brc1cc(Br)c2ccc[n+]3c2c1OCC3.[Br-]. The van der Waals surface area contributed by atoms with Gasteiger partial charge in [0.1, 0.15) is 6.61 Å². The molecular weight excluding hydrogens is 402 g/mol. The van der Waals surface area contributed by atoms with Gasteiger partial charge >= 0.3 is 0 Å². The van der Waals surface area contributed by atoms with E-state index in [0.29, 0.717) is 0 Å². The zero-order valence-electron chi connectivity index (χ0n) is 8.21. The summed E-state index contributed by atoms with van der Waals surface area (Å²) in [6.45, 7) is 1.64. The van der Waals surface area contributed by atoms with E-state index in [1.807, 2.05) is 6.07 Å². The molecule has 0 spiro atoms. The topological polar surface area (TPSA) is 13.1 Å². The van der Waals surface area contributed by atoms with E-state index in [1.165, 1.54) is 5.39 Å². The van der Waals surface area contributed by atoms with Crippen LogP contribution in [0, 0.1) is 0 Å². The first-order chi connectivity index (χ1) is 7.27. The lowest BCUT2D eigenvalue weighted by Crippen LogP contribution is -3.00. The third-order valence-corrected chi connectivity index (χ3v) is 3.84. The standard InChI is InChI=1S/C11H8Br2NO.BrH/c12-8-6-9(13)11-10-7(8)2-1-3-14(10)4-5-15-11;/h1-3,6H,4-5H2;1H/q+1;/p-1. The van der Waals surface area contributed by atoms with Crippen LogP contribution < -0.4 is 26.3 Å². The first kappa shape index (κ1) is 12.3. The number of rotatable bonds is 0. The van der Waals surface area contributed by atoms with E-state index in [1.54, 1.807) is 0 Å². The van der Waals surface area contributed by atoms with Crippen LogP contribution in [0.1, 0.15) is 0 Å². The molecule has 0 amide bonds. The summed E-state index contributed by atoms with van der Waals surface area (Å²) < 4.78 is 10.0. The third-order valence-electron chi connectivity index (χ3n) is 2.59. The maximum atomic E-state index is 5.69. The highest BCUT2D eigenvalue weighted by Gasteiger charge is 2.24. The number of pyridine rings is 1. The summed E-state index contributed by atoms with van der Waals surface area (Å²) in [4.78, 5) is 0. The van der Waals surface area contributed by atoms with Crippen molar-refractivity contribution in [2.24, 2.45) is 0 Å². The van der Waals surface area contributed by atoms with Crippen molar-refractivity contribution >= 4 is 42.8 Å². The Hall–Kier alpha value is -0.130. The lowest BCUT2D eigenvalue weighted by atomic mass is 10.2. The maximum absolute atomic E-state index is 5.69. The largest absolute Gasteiger partial charge is 1.00 e. The van der Waals surface area contributed by atoms with Crippen molar-refractivity contribution in [3.05, 3.63) is 33.3 Å². The summed E-state index contributed by atoms with van der Waals surface area (Å²) in [5, 5.41) is 1.19. The number of nitrogens with zero attached hydrogens (tertiary/aromatic N) is 1. The molecule has 1 aliphatic heterocycles. The van der Waals surface area contributed by atoms with Crippen molar-refractivity contribution in [1.82, 2.24) is 0 Å². The fourth-order valence-electron chi connectivity index (χ4n) is 1.93. The molecule has 0 atom stereocenters. The average molecular weight is 410 g/mol. The van der Waals surface area contributed by atoms with E-state index in [9.17, 15) is 0 Å². The molecule has 0 bridgehead atoms. The van der Waals surface area contributed by atoms with Gasteiger partial charge in [0.25, 0.3) is 5.52 Å². The Labute approximate surface area is 121 Å². The highest BCUT2D eigenvalue weighted by atomic mass is 79.9.